The SMILES string of the molecule is C[C@@H]1CCCC[C@@H]1OCCNC(=O)c1cnn(-c2ccc(Br)cc2)c1. The van der Waals surface area contributed by atoms with Gasteiger partial charge in [0.1, 0.15) is 0 Å². The van der Waals surface area contributed by atoms with Crippen molar-refractivity contribution in [2.45, 2.75) is 38.7 Å². The van der Waals surface area contributed by atoms with E-state index in [1.807, 2.05) is 24.3 Å². The second kappa shape index (κ2) is 8.63. The lowest BCUT2D eigenvalue weighted by Gasteiger charge is -2.28. The quantitative estimate of drug-likeness (QED) is 0.739. The van der Waals surface area contributed by atoms with E-state index in [-0.39, 0.29) is 5.91 Å². The number of benzene rings is 1. The molecule has 0 radical (unpaired) electrons. The summed E-state index contributed by atoms with van der Waals surface area (Å²) in [6.07, 6.45) is 8.59. The lowest BCUT2D eigenvalue weighted by molar-refractivity contribution is -0.00293. The number of carbonyl (C=O) groups is 1. The Morgan fingerprint density at radius 1 is 1.32 bits per heavy atom. The van der Waals surface area contributed by atoms with Gasteiger partial charge < -0.3 is 10.1 Å². The summed E-state index contributed by atoms with van der Waals surface area (Å²) >= 11 is 3.41. The van der Waals surface area contributed by atoms with E-state index < -0.39 is 0 Å². The van der Waals surface area contributed by atoms with Gasteiger partial charge in [0.25, 0.3) is 5.91 Å². The molecule has 2 atom stereocenters. The molecule has 3 rings (SSSR count). The van der Waals surface area contributed by atoms with Crippen LogP contribution < -0.4 is 5.32 Å². The van der Waals surface area contributed by atoms with Crippen LogP contribution in [-0.2, 0) is 4.74 Å². The normalized spacial score (nSPS) is 20.4. The lowest BCUT2D eigenvalue weighted by Crippen LogP contribution is -2.31. The fourth-order valence-electron chi connectivity index (χ4n) is 3.18. The van der Waals surface area contributed by atoms with Crippen LogP contribution in [-0.4, -0.2) is 34.9 Å². The standard InChI is InChI=1S/C19H24BrN3O2/c1-14-4-2-3-5-18(14)25-11-10-21-19(24)15-12-22-23(13-15)17-8-6-16(20)7-9-17/h6-9,12-14,18H,2-5,10-11H2,1H3,(H,21,24)/t14-,18+/m1/s1. The highest BCUT2D eigenvalue weighted by Crippen LogP contribution is 2.26. The van der Waals surface area contributed by atoms with Crippen molar-refractivity contribution in [1.29, 1.82) is 0 Å². The summed E-state index contributed by atoms with van der Waals surface area (Å²) in [6.45, 7) is 3.33. The first kappa shape index (κ1) is 18.1. The van der Waals surface area contributed by atoms with Gasteiger partial charge in [0.05, 0.1) is 30.2 Å². The van der Waals surface area contributed by atoms with Crippen molar-refractivity contribution >= 4 is 21.8 Å². The third-order valence-corrected chi connectivity index (χ3v) is 5.22. The first-order valence-electron chi connectivity index (χ1n) is 8.84. The Hall–Kier alpha value is -1.66. The Balaban J connectivity index is 1.46. The predicted molar refractivity (Wildman–Crippen MR) is 101 cm³/mol. The predicted octanol–water partition coefficient (Wildman–Crippen LogP) is 3.96. The molecule has 0 saturated heterocycles. The Labute approximate surface area is 156 Å². The number of hydrogen-bond donors (Lipinski definition) is 1. The maximum atomic E-state index is 12.2. The summed E-state index contributed by atoms with van der Waals surface area (Å²) in [5.41, 5.74) is 1.46. The van der Waals surface area contributed by atoms with E-state index in [0.29, 0.717) is 30.7 Å². The number of aromatic nitrogens is 2. The molecule has 1 aromatic heterocycles. The molecular formula is C19H24BrN3O2. The molecule has 0 aliphatic heterocycles. The van der Waals surface area contributed by atoms with Gasteiger partial charge in [-0.3, -0.25) is 4.79 Å². The minimum absolute atomic E-state index is 0.122. The molecule has 1 heterocycles. The zero-order chi connectivity index (χ0) is 17.6. The van der Waals surface area contributed by atoms with Gasteiger partial charge in [0.2, 0.25) is 0 Å². The van der Waals surface area contributed by atoms with Gasteiger partial charge in [0, 0.05) is 17.2 Å². The van der Waals surface area contributed by atoms with Crippen LogP contribution in [0.1, 0.15) is 43.0 Å². The minimum atomic E-state index is -0.122. The van der Waals surface area contributed by atoms with Crippen molar-refractivity contribution in [3.05, 3.63) is 46.7 Å². The molecule has 1 aliphatic rings. The van der Waals surface area contributed by atoms with Crippen LogP contribution in [0.25, 0.3) is 5.69 Å². The van der Waals surface area contributed by atoms with Crippen LogP contribution in [0, 0.1) is 5.92 Å². The summed E-state index contributed by atoms with van der Waals surface area (Å²) in [7, 11) is 0. The third kappa shape index (κ3) is 4.92. The van der Waals surface area contributed by atoms with E-state index >= 15 is 0 Å². The maximum absolute atomic E-state index is 12.2. The zero-order valence-corrected chi connectivity index (χ0v) is 16.0. The first-order valence-corrected chi connectivity index (χ1v) is 9.63. The Morgan fingerprint density at radius 3 is 2.84 bits per heavy atom. The molecule has 1 fully saturated rings. The molecule has 2 aromatic rings. The van der Waals surface area contributed by atoms with Gasteiger partial charge >= 0.3 is 0 Å². The summed E-state index contributed by atoms with van der Waals surface area (Å²) in [5.74, 6) is 0.497. The molecule has 25 heavy (non-hydrogen) atoms. The highest BCUT2D eigenvalue weighted by molar-refractivity contribution is 9.10. The molecule has 1 aromatic carbocycles. The van der Waals surface area contributed by atoms with E-state index in [0.717, 1.165) is 16.6 Å². The van der Waals surface area contributed by atoms with Crippen LogP contribution in [0.4, 0.5) is 0 Å². The van der Waals surface area contributed by atoms with Crippen molar-refractivity contribution < 1.29 is 9.53 Å². The van der Waals surface area contributed by atoms with Crippen LogP contribution in [0.15, 0.2) is 41.1 Å². The molecular weight excluding hydrogens is 382 g/mol. The second-order valence-corrected chi connectivity index (χ2v) is 7.49. The molecule has 1 saturated carbocycles. The minimum Gasteiger partial charge on any atom is -0.376 e. The smallest absolute Gasteiger partial charge is 0.254 e. The second-order valence-electron chi connectivity index (χ2n) is 6.58. The largest absolute Gasteiger partial charge is 0.376 e. The molecule has 0 unspecified atom stereocenters. The first-order chi connectivity index (χ1) is 12.1. The number of ether oxygens (including phenoxy) is 1. The van der Waals surface area contributed by atoms with Crippen molar-refractivity contribution in [1.82, 2.24) is 15.1 Å². The fourth-order valence-corrected chi connectivity index (χ4v) is 3.45. The maximum Gasteiger partial charge on any atom is 0.254 e. The molecule has 1 aliphatic carbocycles. The van der Waals surface area contributed by atoms with Gasteiger partial charge in [0.15, 0.2) is 0 Å². The number of halogens is 1. The number of nitrogens with one attached hydrogen (secondary N) is 1. The molecule has 5 nitrogen and oxygen atoms in total. The van der Waals surface area contributed by atoms with E-state index in [9.17, 15) is 4.79 Å². The average molecular weight is 406 g/mol. The number of hydrogen-bond acceptors (Lipinski definition) is 3. The van der Waals surface area contributed by atoms with Gasteiger partial charge in [-0.2, -0.15) is 5.10 Å². The summed E-state index contributed by atoms with van der Waals surface area (Å²) in [6, 6.07) is 7.77. The van der Waals surface area contributed by atoms with Crippen molar-refractivity contribution in [2.75, 3.05) is 13.2 Å². The average Bonchev–Trinajstić information content (AvgIpc) is 3.11. The summed E-state index contributed by atoms with van der Waals surface area (Å²) in [4.78, 5) is 12.2. The number of carbonyl (C=O) groups excluding carboxylic acids is 1. The molecule has 0 spiro atoms. The Bertz CT molecular complexity index is 699. The molecule has 1 amide bonds. The molecule has 6 heteroatoms. The van der Waals surface area contributed by atoms with Crippen molar-refractivity contribution in [3.8, 4) is 5.69 Å². The van der Waals surface area contributed by atoms with Crippen molar-refractivity contribution in [2.24, 2.45) is 5.92 Å². The van der Waals surface area contributed by atoms with Gasteiger partial charge in [-0.15, -0.1) is 0 Å². The lowest BCUT2D eigenvalue weighted by atomic mass is 9.88. The van der Waals surface area contributed by atoms with E-state index in [4.69, 9.17) is 4.74 Å². The highest BCUT2D eigenvalue weighted by atomic mass is 79.9. The van der Waals surface area contributed by atoms with E-state index in [2.05, 4.69) is 33.3 Å². The number of rotatable bonds is 6. The van der Waals surface area contributed by atoms with Gasteiger partial charge in [-0.1, -0.05) is 35.7 Å². The fraction of sp³-hybridized carbons (Fsp3) is 0.474. The Kier molecular flexibility index (Phi) is 6.26. The molecule has 0 bridgehead atoms. The zero-order valence-electron chi connectivity index (χ0n) is 14.5. The van der Waals surface area contributed by atoms with Gasteiger partial charge in [-0.05, 0) is 43.0 Å². The number of amides is 1. The van der Waals surface area contributed by atoms with Gasteiger partial charge in [-0.25, -0.2) is 4.68 Å². The molecule has 1 N–H and O–H groups in total. The van der Waals surface area contributed by atoms with Crippen molar-refractivity contribution in [3.63, 3.8) is 0 Å². The third-order valence-electron chi connectivity index (χ3n) is 4.69. The van der Waals surface area contributed by atoms with Crippen LogP contribution in [0.2, 0.25) is 0 Å². The number of nitrogens with zero attached hydrogens (tertiary/aromatic N) is 2. The Morgan fingerprint density at radius 2 is 2.08 bits per heavy atom. The summed E-state index contributed by atoms with van der Waals surface area (Å²) < 4.78 is 8.63. The van der Waals surface area contributed by atoms with E-state index in [1.165, 1.54) is 19.3 Å². The summed E-state index contributed by atoms with van der Waals surface area (Å²) in [5, 5.41) is 7.16. The van der Waals surface area contributed by atoms with Crippen LogP contribution in [0.5, 0.6) is 0 Å². The van der Waals surface area contributed by atoms with Crippen LogP contribution in [0.3, 0.4) is 0 Å². The highest BCUT2D eigenvalue weighted by Gasteiger charge is 2.21. The monoisotopic (exact) mass is 405 g/mol. The molecule has 134 valence electrons. The van der Waals surface area contributed by atoms with Crippen LogP contribution >= 0.6 is 15.9 Å². The van der Waals surface area contributed by atoms with E-state index in [1.54, 1.807) is 17.1 Å². The topological polar surface area (TPSA) is 56.1 Å².